The molecule has 0 bridgehead atoms. The summed E-state index contributed by atoms with van der Waals surface area (Å²) in [5.74, 6) is 1.13. The van der Waals surface area contributed by atoms with Gasteiger partial charge in [0, 0.05) is 25.6 Å². The molecular formula is C17H32N2O. The van der Waals surface area contributed by atoms with Crippen LogP contribution in [0.5, 0.6) is 0 Å². The average Bonchev–Trinajstić information content (AvgIpc) is 2.91. The third-order valence-corrected chi connectivity index (χ3v) is 5.95. The standard InChI is InChI=1S/C17H32N2O/c1-3-17(4-2)11-12-19(13-17)16(20)10-7-14-5-8-15(18)9-6-14/h14-15H,3-13,18H2,1-2H3. The van der Waals surface area contributed by atoms with Crippen LogP contribution in [-0.2, 0) is 4.79 Å². The fraction of sp³-hybridized carbons (Fsp3) is 0.941. The zero-order chi connectivity index (χ0) is 14.6. The first-order chi connectivity index (χ1) is 9.58. The van der Waals surface area contributed by atoms with Crippen molar-refractivity contribution in [1.29, 1.82) is 0 Å². The van der Waals surface area contributed by atoms with Crippen LogP contribution in [0.3, 0.4) is 0 Å². The highest BCUT2D eigenvalue weighted by atomic mass is 16.2. The Labute approximate surface area is 124 Å². The molecule has 20 heavy (non-hydrogen) atoms. The number of nitrogens with zero attached hydrogens (tertiary/aromatic N) is 1. The monoisotopic (exact) mass is 280 g/mol. The van der Waals surface area contributed by atoms with Crippen molar-refractivity contribution < 1.29 is 4.79 Å². The maximum absolute atomic E-state index is 12.4. The second-order valence-corrected chi connectivity index (χ2v) is 7.09. The molecule has 0 spiro atoms. The summed E-state index contributed by atoms with van der Waals surface area (Å²) in [7, 11) is 0. The van der Waals surface area contributed by atoms with E-state index in [4.69, 9.17) is 5.73 Å². The summed E-state index contributed by atoms with van der Waals surface area (Å²) in [5, 5.41) is 0. The van der Waals surface area contributed by atoms with Gasteiger partial charge >= 0.3 is 0 Å². The van der Waals surface area contributed by atoms with Gasteiger partial charge in [0.15, 0.2) is 0 Å². The van der Waals surface area contributed by atoms with Crippen molar-refractivity contribution in [1.82, 2.24) is 4.90 Å². The number of carbonyl (C=O) groups is 1. The van der Waals surface area contributed by atoms with Crippen LogP contribution < -0.4 is 5.73 Å². The topological polar surface area (TPSA) is 46.3 Å². The van der Waals surface area contributed by atoms with E-state index in [0.717, 1.165) is 44.7 Å². The molecule has 3 nitrogen and oxygen atoms in total. The first-order valence-electron chi connectivity index (χ1n) is 8.62. The smallest absolute Gasteiger partial charge is 0.222 e. The van der Waals surface area contributed by atoms with Crippen molar-refractivity contribution in [3.63, 3.8) is 0 Å². The Kier molecular flexibility index (Phi) is 5.48. The summed E-state index contributed by atoms with van der Waals surface area (Å²) in [4.78, 5) is 14.5. The van der Waals surface area contributed by atoms with Crippen molar-refractivity contribution in [3.8, 4) is 0 Å². The van der Waals surface area contributed by atoms with Gasteiger partial charge < -0.3 is 10.6 Å². The van der Waals surface area contributed by atoms with Gasteiger partial charge in [0.1, 0.15) is 0 Å². The van der Waals surface area contributed by atoms with E-state index < -0.39 is 0 Å². The van der Waals surface area contributed by atoms with Gasteiger partial charge in [-0.25, -0.2) is 0 Å². The molecule has 116 valence electrons. The maximum Gasteiger partial charge on any atom is 0.222 e. The molecule has 0 aromatic carbocycles. The van der Waals surface area contributed by atoms with Crippen LogP contribution >= 0.6 is 0 Å². The molecule has 1 saturated carbocycles. The SMILES string of the molecule is CCC1(CC)CCN(C(=O)CCC2CCC(N)CC2)C1. The van der Waals surface area contributed by atoms with Gasteiger partial charge in [0.05, 0.1) is 0 Å². The number of hydrogen-bond donors (Lipinski definition) is 1. The quantitative estimate of drug-likeness (QED) is 0.839. The largest absolute Gasteiger partial charge is 0.342 e. The summed E-state index contributed by atoms with van der Waals surface area (Å²) in [5.41, 5.74) is 6.35. The van der Waals surface area contributed by atoms with E-state index in [0.29, 0.717) is 17.4 Å². The number of hydrogen-bond acceptors (Lipinski definition) is 2. The lowest BCUT2D eigenvalue weighted by molar-refractivity contribution is -0.131. The molecule has 1 heterocycles. The highest BCUT2D eigenvalue weighted by Crippen LogP contribution is 2.37. The third-order valence-electron chi connectivity index (χ3n) is 5.95. The summed E-state index contributed by atoms with van der Waals surface area (Å²) in [6.45, 7) is 6.51. The molecule has 1 aliphatic carbocycles. The molecule has 2 N–H and O–H groups in total. The molecule has 0 radical (unpaired) electrons. The van der Waals surface area contributed by atoms with Crippen molar-refractivity contribution in [2.24, 2.45) is 17.1 Å². The van der Waals surface area contributed by atoms with Crippen LogP contribution in [0.15, 0.2) is 0 Å². The van der Waals surface area contributed by atoms with E-state index in [1.165, 1.54) is 32.1 Å². The molecular weight excluding hydrogens is 248 g/mol. The molecule has 0 aromatic heterocycles. The second kappa shape index (κ2) is 6.93. The zero-order valence-corrected chi connectivity index (χ0v) is 13.4. The molecule has 1 aliphatic heterocycles. The average molecular weight is 280 g/mol. The normalized spacial score (nSPS) is 29.6. The van der Waals surface area contributed by atoms with E-state index in [1.54, 1.807) is 0 Å². The Morgan fingerprint density at radius 3 is 2.40 bits per heavy atom. The molecule has 0 aromatic rings. The lowest BCUT2D eigenvalue weighted by Gasteiger charge is -2.28. The van der Waals surface area contributed by atoms with Crippen LogP contribution in [0.2, 0.25) is 0 Å². The lowest BCUT2D eigenvalue weighted by Crippen LogP contribution is -2.32. The number of rotatable bonds is 5. The minimum absolute atomic E-state index is 0.392. The summed E-state index contributed by atoms with van der Waals surface area (Å²) >= 11 is 0. The Bertz CT molecular complexity index is 317. The van der Waals surface area contributed by atoms with Gasteiger partial charge in [-0.2, -0.15) is 0 Å². The highest BCUT2D eigenvalue weighted by molar-refractivity contribution is 5.76. The molecule has 3 heteroatoms. The second-order valence-electron chi connectivity index (χ2n) is 7.09. The fourth-order valence-corrected chi connectivity index (χ4v) is 3.94. The van der Waals surface area contributed by atoms with Crippen LogP contribution in [0.1, 0.15) is 71.6 Å². The van der Waals surface area contributed by atoms with E-state index in [9.17, 15) is 4.79 Å². The highest BCUT2D eigenvalue weighted by Gasteiger charge is 2.36. The van der Waals surface area contributed by atoms with E-state index in [2.05, 4.69) is 18.7 Å². The van der Waals surface area contributed by atoms with Crippen molar-refractivity contribution in [2.45, 2.75) is 77.7 Å². The number of carbonyl (C=O) groups excluding carboxylic acids is 1. The van der Waals surface area contributed by atoms with Crippen molar-refractivity contribution in [3.05, 3.63) is 0 Å². The number of nitrogens with two attached hydrogens (primary N) is 1. The van der Waals surface area contributed by atoms with Gasteiger partial charge in [-0.3, -0.25) is 4.79 Å². The van der Waals surface area contributed by atoms with Crippen LogP contribution in [0.25, 0.3) is 0 Å². The van der Waals surface area contributed by atoms with Crippen LogP contribution in [-0.4, -0.2) is 29.9 Å². The fourth-order valence-electron chi connectivity index (χ4n) is 3.94. The molecule has 2 rings (SSSR count). The Morgan fingerprint density at radius 2 is 1.85 bits per heavy atom. The Hall–Kier alpha value is -0.570. The summed E-state index contributed by atoms with van der Waals surface area (Å²) in [6.07, 6.45) is 10.2. The van der Waals surface area contributed by atoms with Gasteiger partial charge in [-0.1, -0.05) is 13.8 Å². The predicted molar refractivity (Wildman–Crippen MR) is 83.4 cm³/mol. The van der Waals surface area contributed by atoms with Crippen molar-refractivity contribution >= 4 is 5.91 Å². The molecule has 1 saturated heterocycles. The molecule has 0 atom stereocenters. The predicted octanol–water partition coefficient (Wildman–Crippen LogP) is 3.32. The molecule has 2 fully saturated rings. The minimum Gasteiger partial charge on any atom is -0.342 e. The van der Waals surface area contributed by atoms with Gasteiger partial charge in [0.25, 0.3) is 0 Å². The third kappa shape index (κ3) is 3.75. The maximum atomic E-state index is 12.4. The van der Waals surface area contributed by atoms with Gasteiger partial charge in [0.2, 0.25) is 5.91 Å². The number of amides is 1. The van der Waals surface area contributed by atoms with Crippen LogP contribution in [0.4, 0.5) is 0 Å². The van der Waals surface area contributed by atoms with Crippen LogP contribution in [0, 0.1) is 11.3 Å². The molecule has 2 aliphatic rings. The summed E-state index contributed by atoms with van der Waals surface area (Å²) < 4.78 is 0. The van der Waals surface area contributed by atoms with E-state index in [1.807, 2.05) is 0 Å². The van der Waals surface area contributed by atoms with E-state index >= 15 is 0 Å². The Balaban J connectivity index is 1.73. The van der Waals surface area contributed by atoms with Crippen molar-refractivity contribution in [2.75, 3.05) is 13.1 Å². The molecule has 0 unspecified atom stereocenters. The lowest BCUT2D eigenvalue weighted by atomic mass is 9.82. The molecule has 1 amide bonds. The zero-order valence-electron chi connectivity index (χ0n) is 13.4. The first-order valence-corrected chi connectivity index (χ1v) is 8.62. The summed E-state index contributed by atoms with van der Waals surface area (Å²) in [6, 6.07) is 0.412. The minimum atomic E-state index is 0.392. The first kappa shape index (κ1) is 15.8. The Morgan fingerprint density at radius 1 is 1.20 bits per heavy atom. The van der Waals surface area contributed by atoms with Gasteiger partial charge in [-0.15, -0.1) is 0 Å². The van der Waals surface area contributed by atoms with E-state index in [-0.39, 0.29) is 0 Å². The van der Waals surface area contributed by atoms with Gasteiger partial charge in [-0.05, 0) is 62.7 Å². The number of likely N-dealkylation sites (tertiary alicyclic amines) is 1.